The minimum atomic E-state index is -0.0627. The maximum Gasteiger partial charge on any atom is 0.253 e. The van der Waals surface area contributed by atoms with Crippen LogP contribution < -0.4 is 20.1 Å². The molecule has 2 amide bonds. The van der Waals surface area contributed by atoms with Crippen LogP contribution in [0.3, 0.4) is 0 Å². The van der Waals surface area contributed by atoms with Gasteiger partial charge in [-0.25, -0.2) is 0 Å². The van der Waals surface area contributed by atoms with Crippen LogP contribution >= 0.6 is 0 Å². The van der Waals surface area contributed by atoms with E-state index in [0.717, 1.165) is 135 Å². The second-order valence-corrected chi connectivity index (χ2v) is 16.8. The van der Waals surface area contributed by atoms with Crippen LogP contribution in [-0.4, -0.2) is 113 Å². The third-order valence-corrected chi connectivity index (χ3v) is 12.4. The molecule has 2 saturated heterocycles. The Kier molecular flexibility index (Phi) is 16.1. The summed E-state index contributed by atoms with van der Waals surface area (Å²) in [5.74, 6) is 2.01. The highest BCUT2D eigenvalue weighted by Gasteiger charge is 2.25. The quantitative estimate of drug-likeness (QED) is 0.0663. The summed E-state index contributed by atoms with van der Waals surface area (Å²) in [5, 5.41) is 27.6. The lowest BCUT2D eigenvalue weighted by Crippen LogP contribution is -2.45. The minimum absolute atomic E-state index is 0. The van der Waals surface area contributed by atoms with Crippen LogP contribution in [0.2, 0.25) is 0 Å². The molecule has 6 aromatic rings. The number of benzene rings is 4. The second kappa shape index (κ2) is 21.9. The molecule has 0 radical (unpaired) electrons. The molecule has 0 atom stereocenters. The number of carbonyl (C=O) groups excluding carboxylic acids is 2. The van der Waals surface area contributed by atoms with Crippen LogP contribution in [0, 0.1) is 13.8 Å². The Balaban J connectivity index is 0.000000206. The average molecular weight is 861 g/mol. The number of fused-ring (bicyclic) bond motifs is 2. The van der Waals surface area contributed by atoms with E-state index in [0.29, 0.717) is 11.1 Å². The second-order valence-electron chi connectivity index (χ2n) is 16.8. The van der Waals surface area contributed by atoms with E-state index in [9.17, 15) is 19.8 Å². The van der Waals surface area contributed by atoms with Gasteiger partial charge in [0.25, 0.3) is 11.8 Å². The smallest absolute Gasteiger partial charge is 0.253 e. The predicted octanol–water partition coefficient (Wildman–Crippen LogP) is 7.21. The molecular weight excluding hydrogens is 797 g/mol. The van der Waals surface area contributed by atoms with Crippen LogP contribution in [0.4, 0.5) is 0 Å². The number of methoxy groups -OCH3 is 2. The molecule has 0 aliphatic carbocycles. The number of rotatable bonds is 14. The number of carbonyl (C=O) groups is 2. The third kappa shape index (κ3) is 12.1. The van der Waals surface area contributed by atoms with Crippen molar-refractivity contribution >= 4 is 33.6 Å². The van der Waals surface area contributed by atoms with Gasteiger partial charge in [0.15, 0.2) is 0 Å². The average Bonchev–Trinajstić information content (AvgIpc) is 3.79. The van der Waals surface area contributed by atoms with E-state index in [-0.39, 0.29) is 40.9 Å². The highest BCUT2D eigenvalue weighted by molar-refractivity contribution is 6.09. The van der Waals surface area contributed by atoms with Gasteiger partial charge in [-0.05, 0) is 150 Å². The van der Waals surface area contributed by atoms with Gasteiger partial charge in [0.05, 0.1) is 25.3 Å². The van der Waals surface area contributed by atoms with Gasteiger partial charge in [-0.15, -0.1) is 0 Å². The Labute approximate surface area is 370 Å². The van der Waals surface area contributed by atoms with Crippen molar-refractivity contribution in [2.75, 3.05) is 53.5 Å². The molecule has 0 spiro atoms. The zero-order valence-corrected chi connectivity index (χ0v) is 37.1. The summed E-state index contributed by atoms with van der Waals surface area (Å²) in [6.07, 6.45) is 8.22. The summed E-state index contributed by atoms with van der Waals surface area (Å²) in [4.78, 5) is 37.3. The number of phenolic OH excluding ortho intramolecular Hbond substituents is 2. The number of likely N-dealkylation sites (tertiary alicyclic amines) is 2. The Morgan fingerprint density at radius 1 is 0.603 bits per heavy atom. The minimum Gasteiger partial charge on any atom is -0.508 e. The molecule has 13 nitrogen and oxygen atoms in total. The monoisotopic (exact) mass is 860 g/mol. The Hall–Kier alpha value is -6.02. The highest BCUT2D eigenvalue weighted by atomic mass is 16.5. The summed E-state index contributed by atoms with van der Waals surface area (Å²) in [6, 6.07) is 27.1. The van der Waals surface area contributed by atoms with Gasteiger partial charge in [0.2, 0.25) is 0 Å². The fraction of sp³-hybridized carbons (Fsp3) is 0.400. The number of nitrogens with one attached hydrogen (secondary N) is 4. The zero-order chi connectivity index (χ0) is 43.6. The number of aromatic hydroxyl groups is 2. The first-order chi connectivity index (χ1) is 30.1. The number of ether oxygens (including phenoxy) is 2. The molecule has 336 valence electrons. The third-order valence-electron chi connectivity index (χ3n) is 12.4. The summed E-state index contributed by atoms with van der Waals surface area (Å²) < 4.78 is 10.4. The van der Waals surface area contributed by atoms with Crippen molar-refractivity contribution in [3.63, 3.8) is 0 Å². The lowest BCUT2D eigenvalue weighted by atomic mass is 10.0. The lowest BCUT2D eigenvalue weighted by Gasteiger charge is -2.32. The molecule has 4 heterocycles. The van der Waals surface area contributed by atoms with Crippen molar-refractivity contribution in [1.29, 1.82) is 0 Å². The van der Waals surface area contributed by atoms with E-state index in [1.165, 1.54) is 11.1 Å². The maximum atomic E-state index is 12.9. The van der Waals surface area contributed by atoms with Crippen LogP contribution in [0.15, 0.2) is 84.9 Å². The van der Waals surface area contributed by atoms with Gasteiger partial charge in [0, 0.05) is 71.5 Å². The molecule has 0 bridgehead atoms. The molecule has 63 heavy (non-hydrogen) atoms. The molecule has 13 heteroatoms. The zero-order valence-electron chi connectivity index (χ0n) is 37.1. The van der Waals surface area contributed by atoms with Gasteiger partial charge < -0.3 is 55.6 Å². The molecule has 2 aromatic heterocycles. The van der Waals surface area contributed by atoms with Gasteiger partial charge in [0.1, 0.15) is 23.0 Å². The standard InChI is InChI=1S/2C25H31N3O3.H2O/c2*1-17-24(22-16-20(29)7-10-23(22)26-17)25(30)27-19-11-14-28(15-12-19)13-3-4-18-5-8-21(31-2)9-6-18;/h2*5-10,16,19,26,29H,3-4,11-15H2,1-2H3,(H,27,30);1H2. The van der Waals surface area contributed by atoms with E-state index in [4.69, 9.17) is 9.47 Å². The summed E-state index contributed by atoms with van der Waals surface area (Å²) in [7, 11) is 3.38. The fourth-order valence-corrected chi connectivity index (χ4v) is 8.93. The van der Waals surface area contributed by atoms with E-state index in [2.05, 4.69) is 54.7 Å². The number of phenols is 2. The summed E-state index contributed by atoms with van der Waals surface area (Å²) in [5.41, 5.74) is 7.33. The van der Waals surface area contributed by atoms with Crippen molar-refractivity contribution in [3.05, 3.63) is 119 Å². The van der Waals surface area contributed by atoms with Crippen molar-refractivity contribution in [1.82, 2.24) is 30.4 Å². The maximum absolute atomic E-state index is 12.9. The Morgan fingerprint density at radius 2 is 0.968 bits per heavy atom. The topological polar surface area (TPSA) is 187 Å². The van der Waals surface area contributed by atoms with E-state index >= 15 is 0 Å². The molecule has 2 aliphatic heterocycles. The number of aromatic nitrogens is 2. The molecule has 0 saturated carbocycles. The molecule has 2 aliphatic rings. The molecule has 4 aromatic carbocycles. The van der Waals surface area contributed by atoms with E-state index < -0.39 is 0 Å². The van der Waals surface area contributed by atoms with Gasteiger partial charge in [-0.2, -0.15) is 0 Å². The molecule has 8 N–H and O–H groups in total. The predicted molar refractivity (Wildman–Crippen MR) is 250 cm³/mol. The normalized spacial score (nSPS) is 15.0. The van der Waals surface area contributed by atoms with Crippen molar-refractivity contribution < 1.29 is 34.8 Å². The molecule has 8 rings (SSSR count). The van der Waals surface area contributed by atoms with Gasteiger partial charge in [-0.3, -0.25) is 9.59 Å². The van der Waals surface area contributed by atoms with Crippen molar-refractivity contribution in [2.45, 2.75) is 77.3 Å². The Morgan fingerprint density at radius 3 is 1.32 bits per heavy atom. The molecular formula is C50H64N6O7. The number of H-pyrrole nitrogens is 2. The van der Waals surface area contributed by atoms with Crippen LogP contribution in [0.5, 0.6) is 23.0 Å². The van der Waals surface area contributed by atoms with Gasteiger partial charge >= 0.3 is 0 Å². The summed E-state index contributed by atoms with van der Waals surface area (Å²) >= 11 is 0. The van der Waals surface area contributed by atoms with Crippen molar-refractivity contribution in [2.24, 2.45) is 0 Å². The highest BCUT2D eigenvalue weighted by Crippen LogP contribution is 2.28. The number of aromatic amines is 2. The number of hydrogen-bond donors (Lipinski definition) is 6. The number of hydrogen-bond acceptors (Lipinski definition) is 8. The fourth-order valence-electron chi connectivity index (χ4n) is 8.93. The first-order valence-corrected chi connectivity index (χ1v) is 22.0. The summed E-state index contributed by atoms with van der Waals surface area (Å²) in [6.45, 7) is 9.96. The Bertz CT molecular complexity index is 2240. The van der Waals surface area contributed by atoms with Crippen LogP contribution in [0.25, 0.3) is 21.8 Å². The first kappa shape index (κ1) is 46.5. The molecule has 0 unspecified atom stereocenters. The first-order valence-electron chi connectivity index (χ1n) is 22.0. The van der Waals surface area contributed by atoms with E-state index in [1.54, 1.807) is 50.6 Å². The number of amides is 2. The number of aryl methyl sites for hydroxylation is 4. The van der Waals surface area contributed by atoms with Crippen LogP contribution in [-0.2, 0) is 12.8 Å². The van der Waals surface area contributed by atoms with E-state index in [1.807, 2.05) is 38.1 Å². The lowest BCUT2D eigenvalue weighted by molar-refractivity contribution is 0.0903. The molecule has 2 fully saturated rings. The largest absolute Gasteiger partial charge is 0.508 e. The van der Waals surface area contributed by atoms with Gasteiger partial charge in [-0.1, -0.05) is 24.3 Å². The number of piperidine rings is 2. The SMILES string of the molecule is COc1ccc(CCCN2CCC(NC(=O)c3c(C)[nH]c4ccc(O)cc34)CC2)cc1.COc1ccc(CCCN2CCC(NC(=O)c3c(C)[nH]c4ccc(O)cc34)CC2)cc1.O. The van der Waals surface area contributed by atoms with Crippen LogP contribution in [0.1, 0.15) is 81.8 Å². The number of nitrogens with zero attached hydrogens (tertiary/aromatic N) is 2. The van der Waals surface area contributed by atoms with Crippen molar-refractivity contribution in [3.8, 4) is 23.0 Å².